The second kappa shape index (κ2) is 7.91. The van der Waals surface area contributed by atoms with Crippen LogP contribution in [0.2, 0.25) is 0 Å². The van der Waals surface area contributed by atoms with Gasteiger partial charge in [0.25, 0.3) is 0 Å². The molecule has 3 aromatic heterocycles. The Morgan fingerprint density at radius 3 is 2.67 bits per heavy atom. The number of anilines is 1. The van der Waals surface area contributed by atoms with Crippen molar-refractivity contribution < 1.29 is 17.9 Å². The van der Waals surface area contributed by atoms with E-state index < -0.39 is 17.4 Å². The van der Waals surface area contributed by atoms with Crippen LogP contribution in [0.4, 0.5) is 19.0 Å². The van der Waals surface area contributed by atoms with Crippen LogP contribution in [-0.4, -0.2) is 27.5 Å². The number of nitrogens with zero attached hydrogens (tertiary/aromatic N) is 3. The van der Waals surface area contributed by atoms with Crippen molar-refractivity contribution in [3.8, 4) is 5.75 Å². The van der Waals surface area contributed by atoms with Gasteiger partial charge in [0.1, 0.15) is 17.2 Å². The number of rotatable bonds is 4. The lowest BCUT2D eigenvalue weighted by Crippen LogP contribution is -2.44. The molecule has 1 aromatic carbocycles. The molecule has 3 N–H and O–H groups in total. The zero-order valence-corrected chi connectivity index (χ0v) is 18.1. The number of nitrogens with two attached hydrogens (primary N) is 1. The van der Waals surface area contributed by atoms with Gasteiger partial charge in [-0.05, 0) is 67.5 Å². The first kappa shape index (κ1) is 21.5. The molecule has 3 heterocycles. The number of alkyl halides is 3. The fourth-order valence-corrected chi connectivity index (χ4v) is 4.67. The maximum Gasteiger partial charge on any atom is 0.434 e. The first-order chi connectivity index (χ1) is 15.8. The summed E-state index contributed by atoms with van der Waals surface area (Å²) in [6, 6.07) is 12.9. The van der Waals surface area contributed by atoms with E-state index in [-0.39, 0.29) is 11.7 Å². The molecule has 4 aromatic rings. The summed E-state index contributed by atoms with van der Waals surface area (Å²) in [7, 11) is 1.64. The van der Waals surface area contributed by atoms with Crippen molar-refractivity contribution in [1.29, 1.82) is 0 Å². The number of imidazole rings is 1. The first-order valence-corrected chi connectivity index (χ1v) is 10.8. The van der Waals surface area contributed by atoms with E-state index >= 15 is 0 Å². The third kappa shape index (κ3) is 3.97. The summed E-state index contributed by atoms with van der Waals surface area (Å²) in [5.41, 5.74) is 6.50. The van der Waals surface area contributed by atoms with E-state index in [1.54, 1.807) is 31.5 Å². The summed E-state index contributed by atoms with van der Waals surface area (Å²) in [5.74, 6) is 1.36. The molecule has 5 rings (SSSR count). The summed E-state index contributed by atoms with van der Waals surface area (Å²) < 4.78 is 46.1. The average molecular weight is 455 g/mol. The Hall–Kier alpha value is -3.33. The van der Waals surface area contributed by atoms with E-state index in [1.165, 1.54) is 4.40 Å². The monoisotopic (exact) mass is 455 g/mol. The van der Waals surface area contributed by atoms with Gasteiger partial charge in [-0.2, -0.15) is 13.2 Å². The van der Waals surface area contributed by atoms with Crippen LogP contribution < -0.4 is 15.8 Å². The summed E-state index contributed by atoms with van der Waals surface area (Å²) in [5, 5.41) is 5.43. The smallest absolute Gasteiger partial charge is 0.434 e. The van der Waals surface area contributed by atoms with Crippen molar-refractivity contribution in [1.82, 2.24) is 14.4 Å². The highest BCUT2D eigenvalue weighted by Crippen LogP contribution is 2.38. The van der Waals surface area contributed by atoms with Crippen LogP contribution in [0.5, 0.6) is 5.75 Å². The van der Waals surface area contributed by atoms with E-state index in [4.69, 9.17) is 10.5 Å². The molecule has 172 valence electrons. The Balaban J connectivity index is 1.36. The molecule has 0 radical (unpaired) electrons. The SMILES string of the molecule is COc1ccc2c(C3(N)CCC(Nc4cccc5nc(C(F)(F)F)cn45)CC3)nccc2c1. The van der Waals surface area contributed by atoms with Crippen molar-refractivity contribution in [2.75, 3.05) is 12.4 Å². The Morgan fingerprint density at radius 2 is 1.94 bits per heavy atom. The Labute approximate surface area is 188 Å². The van der Waals surface area contributed by atoms with Gasteiger partial charge in [0.2, 0.25) is 0 Å². The lowest BCUT2D eigenvalue weighted by atomic mass is 9.76. The number of hydrogen-bond acceptors (Lipinski definition) is 5. The molecule has 0 atom stereocenters. The van der Waals surface area contributed by atoms with E-state index in [0.717, 1.165) is 41.3 Å². The molecule has 0 amide bonds. The lowest BCUT2D eigenvalue weighted by Gasteiger charge is -2.38. The normalized spacial score (nSPS) is 21.4. The zero-order valence-electron chi connectivity index (χ0n) is 18.1. The number of benzene rings is 1. The first-order valence-electron chi connectivity index (χ1n) is 10.8. The summed E-state index contributed by atoms with van der Waals surface area (Å²) in [6.07, 6.45) is 1.26. The Kier molecular flexibility index (Phi) is 5.16. The van der Waals surface area contributed by atoms with Crippen molar-refractivity contribution in [3.05, 3.63) is 66.2 Å². The molecule has 6 nitrogen and oxygen atoms in total. The molecule has 1 saturated carbocycles. The average Bonchev–Trinajstić information content (AvgIpc) is 3.26. The number of pyridine rings is 2. The van der Waals surface area contributed by atoms with Gasteiger partial charge in [-0.3, -0.25) is 9.38 Å². The molecule has 1 fully saturated rings. The second-order valence-corrected chi connectivity index (χ2v) is 8.58. The standard InChI is InChI=1S/C24H24F3N5O/c1-33-17-5-6-18-15(13-17)9-12-29-22(18)23(28)10-7-16(8-11-23)30-20-3-2-4-21-31-19(14-32(20)21)24(25,26)27/h2-6,9,12-14,16,30H,7-8,10-11,28H2,1H3. The number of methoxy groups -OCH3 is 1. The molecule has 9 heteroatoms. The number of halogens is 3. The van der Waals surface area contributed by atoms with E-state index in [0.29, 0.717) is 18.7 Å². The van der Waals surface area contributed by atoms with Gasteiger partial charge in [-0.1, -0.05) is 6.07 Å². The van der Waals surface area contributed by atoms with Gasteiger partial charge < -0.3 is 15.8 Å². The van der Waals surface area contributed by atoms with Gasteiger partial charge in [-0.25, -0.2) is 4.98 Å². The van der Waals surface area contributed by atoms with E-state index in [1.807, 2.05) is 24.3 Å². The van der Waals surface area contributed by atoms with Gasteiger partial charge in [0.15, 0.2) is 5.69 Å². The maximum absolute atomic E-state index is 13.1. The molecule has 33 heavy (non-hydrogen) atoms. The van der Waals surface area contributed by atoms with Gasteiger partial charge in [0.05, 0.1) is 18.3 Å². The molecule has 0 saturated heterocycles. The van der Waals surface area contributed by atoms with Crippen molar-refractivity contribution in [2.45, 2.75) is 43.4 Å². The molecule has 0 spiro atoms. The molecule has 0 bridgehead atoms. The fraction of sp³-hybridized carbons (Fsp3) is 0.333. The molecule has 0 aliphatic heterocycles. The molecule has 0 unspecified atom stereocenters. The fourth-order valence-electron chi connectivity index (χ4n) is 4.67. The highest BCUT2D eigenvalue weighted by molar-refractivity contribution is 5.86. The summed E-state index contributed by atoms with van der Waals surface area (Å²) >= 11 is 0. The minimum atomic E-state index is -4.48. The maximum atomic E-state index is 13.1. The van der Waals surface area contributed by atoms with Crippen LogP contribution in [0.25, 0.3) is 16.4 Å². The number of hydrogen-bond donors (Lipinski definition) is 2. The van der Waals surface area contributed by atoms with Crippen LogP contribution >= 0.6 is 0 Å². The van der Waals surface area contributed by atoms with Crippen LogP contribution in [0.3, 0.4) is 0 Å². The number of nitrogens with one attached hydrogen (secondary N) is 1. The Bertz CT molecular complexity index is 1310. The number of aromatic nitrogens is 3. The highest BCUT2D eigenvalue weighted by atomic mass is 19.4. The van der Waals surface area contributed by atoms with Crippen molar-refractivity contribution in [3.63, 3.8) is 0 Å². The molecule has 1 aliphatic carbocycles. The van der Waals surface area contributed by atoms with Crippen molar-refractivity contribution >= 4 is 22.2 Å². The third-order valence-corrected chi connectivity index (χ3v) is 6.46. The van der Waals surface area contributed by atoms with Crippen molar-refractivity contribution in [2.24, 2.45) is 5.73 Å². The van der Waals surface area contributed by atoms with Crippen LogP contribution in [0.1, 0.15) is 37.1 Å². The highest BCUT2D eigenvalue weighted by Gasteiger charge is 2.36. The molecular weight excluding hydrogens is 431 g/mol. The summed E-state index contributed by atoms with van der Waals surface area (Å²) in [6.45, 7) is 0. The second-order valence-electron chi connectivity index (χ2n) is 8.58. The van der Waals surface area contributed by atoms with Crippen LogP contribution in [0.15, 0.2) is 54.9 Å². The Morgan fingerprint density at radius 1 is 1.15 bits per heavy atom. The van der Waals surface area contributed by atoms with Gasteiger partial charge in [-0.15, -0.1) is 0 Å². The zero-order chi connectivity index (χ0) is 23.2. The van der Waals surface area contributed by atoms with Crippen LogP contribution in [0, 0.1) is 0 Å². The minimum Gasteiger partial charge on any atom is -0.497 e. The van der Waals surface area contributed by atoms with Crippen LogP contribution in [-0.2, 0) is 11.7 Å². The molecular formula is C24H24F3N5O. The lowest BCUT2D eigenvalue weighted by molar-refractivity contribution is -0.140. The number of ether oxygens (including phenoxy) is 1. The largest absolute Gasteiger partial charge is 0.497 e. The minimum absolute atomic E-state index is 0.0825. The predicted octanol–water partition coefficient (Wildman–Crippen LogP) is 5.12. The van der Waals surface area contributed by atoms with E-state index in [9.17, 15) is 13.2 Å². The third-order valence-electron chi connectivity index (χ3n) is 6.46. The number of fused-ring (bicyclic) bond motifs is 2. The quantitative estimate of drug-likeness (QED) is 0.447. The van der Waals surface area contributed by atoms with E-state index in [2.05, 4.69) is 15.3 Å². The predicted molar refractivity (Wildman–Crippen MR) is 120 cm³/mol. The van der Waals surface area contributed by atoms with Gasteiger partial charge in [0, 0.05) is 23.8 Å². The summed E-state index contributed by atoms with van der Waals surface area (Å²) in [4.78, 5) is 8.33. The van der Waals surface area contributed by atoms with Gasteiger partial charge >= 0.3 is 6.18 Å². The topological polar surface area (TPSA) is 77.5 Å². The molecule has 1 aliphatic rings.